The van der Waals surface area contributed by atoms with E-state index in [-0.39, 0.29) is 11.7 Å². The van der Waals surface area contributed by atoms with E-state index in [1.165, 1.54) is 5.56 Å². The van der Waals surface area contributed by atoms with Crippen molar-refractivity contribution < 1.29 is 4.79 Å². The Kier molecular flexibility index (Phi) is 4.92. The van der Waals surface area contributed by atoms with Crippen molar-refractivity contribution in [2.24, 2.45) is 5.92 Å². The number of carbonyl (C=O) groups is 1. The molecular weight excluding hydrogens is 300 g/mol. The molecule has 0 spiro atoms. The fourth-order valence-corrected chi connectivity index (χ4v) is 2.32. The minimum absolute atomic E-state index is 0.0612. The molecule has 98 valence electrons. The minimum atomic E-state index is 0.0612. The molecular formula is C17H17BrO. The fraction of sp³-hybridized carbons (Fsp3) is 0.235. The molecule has 0 N–H and O–H groups in total. The SMILES string of the molecule is CC(CCc1ccc(Br)cc1)C(=O)c1ccccc1. The highest BCUT2D eigenvalue weighted by Gasteiger charge is 2.14. The topological polar surface area (TPSA) is 17.1 Å². The standard InChI is InChI=1S/C17H17BrO/c1-13(17(19)15-5-3-2-4-6-15)7-8-14-9-11-16(18)12-10-14/h2-6,9-13H,7-8H2,1H3. The molecule has 2 aromatic rings. The van der Waals surface area contributed by atoms with Gasteiger partial charge in [0.05, 0.1) is 0 Å². The number of benzene rings is 2. The number of ketones is 1. The first kappa shape index (κ1) is 14.0. The maximum atomic E-state index is 12.2. The van der Waals surface area contributed by atoms with E-state index >= 15 is 0 Å². The average molecular weight is 317 g/mol. The molecule has 0 aliphatic carbocycles. The molecule has 19 heavy (non-hydrogen) atoms. The van der Waals surface area contributed by atoms with Gasteiger partial charge in [0.1, 0.15) is 0 Å². The molecule has 2 aromatic carbocycles. The van der Waals surface area contributed by atoms with Gasteiger partial charge in [-0.2, -0.15) is 0 Å². The lowest BCUT2D eigenvalue weighted by Crippen LogP contribution is -2.12. The zero-order valence-corrected chi connectivity index (χ0v) is 12.6. The summed E-state index contributed by atoms with van der Waals surface area (Å²) in [4.78, 5) is 12.2. The van der Waals surface area contributed by atoms with Crippen LogP contribution in [0.4, 0.5) is 0 Å². The Hall–Kier alpha value is -1.41. The third kappa shape index (κ3) is 4.03. The summed E-state index contributed by atoms with van der Waals surface area (Å²) in [6, 6.07) is 17.8. The first-order chi connectivity index (χ1) is 9.16. The first-order valence-electron chi connectivity index (χ1n) is 6.50. The second-order valence-corrected chi connectivity index (χ2v) is 5.71. The van der Waals surface area contributed by atoms with Gasteiger partial charge >= 0.3 is 0 Å². The Balaban J connectivity index is 1.92. The largest absolute Gasteiger partial charge is 0.294 e. The second-order valence-electron chi connectivity index (χ2n) is 4.80. The molecule has 0 heterocycles. The van der Waals surface area contributed by atoms with Gasteiger partial charge in [-0.1, -0.05) is 65.3 Å². The lowest BCUT2D eigenvalue weighted by Gasteiger charge is -2.10. The van der Waals surface area contributed by atoms with Gasteiger partial charge in [-0.3, -0.25) is 4.79 Å². The number of Topliss-reactive ketones (excluding diaryl/α,β-unsaturated/α-hetero) is 1. The van der Waals surface area contributed by atoms with Crippen LogP contribution >= 0.6 is 15.9 Å². The van der Waals surface area contributed by atoms with Gasteiger partial charge in [0, 0.05) is 16.0 Å². The number of carbonyl (C=O) groups excluding carboxylic acids is 1. The van der Waals surface area contributed by atoms with Crippen LogP contribution in [0.3, 0.4) is 0 Å². The summed E-state index contributed by atoms with van der Waals surface area (Å²) in [6.07, 6.45) is 1.82. The smallest absolute Gasteiger partial charge is 0.165 e. The van der Waals surface area contributed by atoms with Gasteiger partial charge < -0.3 is 0 Å². The van der Waals surface area contributed by atoms with Gasteiger partial charge in [0.25, 0.3) is 0 Å². The van der Waals surface area contributed by atoms with Crippen LogP contribution in [-0.4, -0.2) is 5.78 Å². The predicted octanol–water partition coefficient (Wildman–Crippen LogP) is 4.90. The normalized spacial score (nSPS) is 12.1. The number of hydrogen-bond donors (Lipinski definition) is 0. The quantitative estimate of drug-likeness (QED) is 0.717. The van der Waals surface area contributed by atoms with E-state index in [4.69, 9.17) is 0 Å². The van der Waals surface area contributed by atoms with Crippen molar-refractivity contribution in [2.75, 3.05) is 0 Å². The molecule has 0 bridgehead atoms. The van der Waals surface area contributed by atoms with Crippen molar-refractivity contribution in [1.82, 2.24) is 0 Å². The molecule has 2 heteroatoms. The summed E-state index contributed by atoms with van der Waals surface area (Å²) in [6.45, 7) is 2.01. The van der Waals surface area contributed by atoms with Crippen molar-refractivity contribution in [3.63, 3.8) is 0 Å². The summed E-state index contributed by atoms with van der Waals surface area (Å²) >= 11 is 3.43. The molecule has 0 aromatic heterocycles. The van der Waals surface area contributed by atoms with Gasteiger partial charge in [-0.15, -0.1) is 0 Å². The van der Waals surface area contributed by atoms with Crippen LogP contribution in [-0.2, 0) is 6.42 Å². The first-order valence-corrected chi connectivity index (χ1v) is 7.30. The number of aryl methyl sites for hydroxylation is 1. The maximum Gasteiger partial charge on any atom is 0.165 e. The maximum absolute atomic E-state index is 12.2. The molecule has 1 nitrogen and oxygen atoms in total. The van der Waals surface area contributed by atoms with Crippen LogP contribution < -0.4 is 0 Å². The van der Waals surface area contributed by atoms with Gasteiger partial charge in [0.2, 0.25) is 0 Å². The van der Waals surface area contributed by atoms with E-state index in [9.17, 15) is 4.79 Å². The van der Waals surface area contributed by atoms with Crippen molar-refractivity contribution >= 4 is 21.7 Å². The van der Waals surface area contributed by atoms with Gasteiger partial charge in [-0.25, -0.2) is 0 Å². The van der Waals surface area contributed by atoms with E-state index < -0.39 is 0 Å². The highest BCUT2D eigenvalue weighted by atomic mass is 79.9. The molecule has 0 saturated heterocycles. The van der Waals surface area contributed by atoms with E-state index in [1.807, 2.05) is 49.4 Å². The Labute approximate surface area is 122 Å². The van der Waals surface area contributed by atoms with Crippen molar-refractivity contribution in [3.8, 4) is 0 Å². The van der Waals surface area contributed by atoms with Crippen molar-refractivity contribution in [1.29, 1.82) is 0 Å². The Bertz CT molecular complexity index is 531. The number of halogens is 1. The zero-order valence-electron chi connectivity index (χ0n) is 11.0. The van der Waals surface area contributed by atoms with Crippen LogP contribution in [0.15, 0.2) is 59.1 Å². The summed E-state index contributed by atoms with van der Waals surface area (Å²) in [5, 5.41) is 0. The van der Waals surface area contributed by atoms with Crippen LogP contribution in [0, 0.1) is 5.92 Å². The van der Waals surface area contributed by atoms with Gasteiger partial charge in [0.15, 0.2) is 5.78 Å². The zero-order chi connectivity index (χ0) is 13.7. The van der Waals surface area contributed by atoms with Crippen LogP contribution in [0.2, 0.25) is 0 Å². The average Bonchev–Trinajstić information content (AvgIpc) is 2.46. The summed E-state index contributed by atoms with van der Waals surface area (Å²) in [5.41, 5.74) is 2.08. The molecule has 0 fully saturated rings. The molecule has 1 atom stereocenters. The van der Waals surface area contributed by atoms with E-state index in [0.29, 0.717) is 0 Å². The van der Waals surface area contributed by atoms with E-state index in [1.54, 1.807) is 0 Å². The Morgan fingerprint density at radius 3 is 2.32 bits per heavy atom. The monoisotopic (exact) mass is 316 g/mol. The molecule has 0 radical (unpaired) electrons. The highest BCUT2D eigenvalue weighted by molar-refractivity contribution is 9.10. The van der Waals surface area contributed by atoms with Crippen LogP contribution in [0.5, 0.6) is 0 Å². The molecule has 0 aliphatic rings. The lowest BCUT2D eigenvalue weighted by atomic mass is 9.93. The van der Waals surface area contributed by atoms with Crippen LogP contribution in [0.1, 0.15) is 29.3 Å². The van der Waals surface area contributed by atoms with Crippen molar-refractivity contribution in [3.05, 3.63) is 70.2 Å². The minimum Gasteiger partial charge on any atom is -0.294 e. The van der Waals surface area contributed by atoms with Crippen molar-refractivity contribution in [2.45, 2.75) is 19.8 Å². The summed E-state index contributed by atoms with van der Waals surface area (Å²) in [7, 11) is 0. The third-order valence-electron chi connectivity index (χ3n) is 3.29. The molecule has 0 saturated carbocycles. The fourth-order valence-electron chi connectivity index (χ4n) is 2.05. The predicted molar refractivity (Wildman–Crippen MR) is 82.4 cm³/mol. The molecule has 0 amide bonds. The molecule has 1 unspecified atom stereocenters. The Morgan fingerprint density at radius 2 is 1.68 bits per heavy atom. The Morgan fingerprint density at radius 1 is 1.05 bits per heavy atom. The van der Waals surface area contributed by atoms with Gasteiger partial charge in [-0.05, 0) is 30.5 Å². The molecule has 0 aliphatic heterocycles. The second kappa shape index (κ2) is 6.67. The molecule has 2 rings (SSSR count). The van der Waals surface area contributed by atoms with E-state index in [0.717, 1.165) is 22.9 Å². The lowest BCUT2D eigenvalue weighted by molar-refractivity contribution is 0.0924. The third-order valence-corrected chi connectivity index (χ3v) is 3.81. The summed E-state index contributed by atoms with van der Waals surface area (Å²) in [5.74, 6) is 0.295. The summed E-state index contributed by atoms with van der Waals surface area (Å²) < 4.78 is 1.09. The van der Waals surface area contributed by atoms with Crippen LogP contribution in [0.25, 0.3) is 0 Å². The number of rotatable bonds is 5. The highest BCUT2D eigenvalue weighted by Crippen LogP contribution is 2.17. The number of hydrogen-bond acceptors (Lipinski definition) is 1. The van der Waals surface area contributed by atoms with E-state index in [2.05, 4.69) is 28.1 Å².